The summed E-state index contributed by atoms with van der Waals surface area (Å²) in [6.07, 6.45) is 3.79. The molecule has 0 aliphatic heterocycles. The number of pyridine rings is 1. The molecule has 2 aromatic rings. The lowest BCUT2D eigenvalue weighted by Gasteiger charge is -2.05. The first-order valence-electron chi connectivity index (χ1n) is 6.50. The van der Waals surface area contributed by atoms with Gasteiger partial charge < -0.3 is 0 Å². The van der Waals surface area contributed by atoms with Crippen molar-refractivity contribution in [2.45, 2.75) is 25.2 Å². The third-order valence-corrected chi connectivity index (χ3v) is 4.02. The van der Waals surface area contributed by atoms with E-state index in [0.29, 0.717) is 12.1 Å². The standard InChI is InChI=1S/C15H16N2O3S/c1-3-15(13-8-10-16-11-9-13)17-20-21(18,19)14-6-4-12(2)5-7-14/h4-11H,3H2,1-2H3/b17-15+. The van der Waals surface area contributed by atoms with Gasteiger partial charge in [-0.05, 0) is 37.6 Å². The highest BCUT2D eigenvalue weighted by Crippen LogP contribution is 2.14. The van der Waals surface area contributed by atoms with Crippen LogP contribution in [0.2, 0.25) is 0 Å². The third-order valence-electron chi connectivity index (χ3n) is 2.90. The summed E-state index contributed by atoms with van der Waals surface area (Å²) < 4.78 is 28.9. The first-order chi connectivity index (χ1) is 10.0. The minimum absolute atomic E-state index is 0.0852. The van der Waals surface area contributed by atoms with Crippen LogP contribution in [0.15, 0.2) is 58.8 Å². The fraction of sp³-hybridized carbons (Fsp3) is 0.200. The van der Waals surface area contributed by atoms with E-state index in [1.165, 1.54) is 12.1 Å². The van der Waals surface area contributed by atoms with Crippen molar-refractivity contribution in [3.63, 3.8) is 0 Å². The molecule has 0 radical (unpaired) electrons. The average Bonchev–Trinajstić information content (AvgIpc) is 2.49. The maximum absolute atomic E-state index is 12.1. The molecule has 0 fully saturated rings. The van der Waals surface area contributed by atoms with E-state index in [2.05, 4.69) is 10.1 Å². The first-order valence-corrected chi connectivity index (χ1v) is 7.91. The van der Waals surface area contributed by atoms with Crippen molar-refractivity contribution >= 4 is 15.8 Å². The van der Waals surface area contributed by atoms with Crippen LogP contribution in [0.25, 0.3) is 0 Å². The maximum atomic E-state index is 12.1. The highest BCUT2D eigenvalue weighted by Gasteiger charge is 2.16. The summed E-state index contributed by atoms with van der Waals surface area (Å²) in [5.74, 6) is 0. The lowest BCUT2D eigenvalue weighted by molar-refractivity contribution is 0.338. The van der Waals surface area contributed by atoms with Crippen LogP contribution < -0.4 is 0 Å². The molecule has 0 saturated heterocycles. The second-order valence-corrected chi connectivity index (χ2v) is 6.00. The Labute approximate surface area is 124 Å². The molecule has 0 unspecified atom stereocenters. The zero-order valence-corrected chi connectivity index (χ0v) is 12.7. The highest BCUT2D eigenvalue weighted by molar-refractivity contribution is 7.86. The number of nitrogens with zero attached hydrogens (tertiary/aromatic N) is 2. The zero-order chi connectivity index (χ0) is 15.3. The van der Waals surface area contributed by atoms with E-state index >= 15 is 0 Å². The first kappa shape index (κ1) is 15.2. The molecule has 110 valence electrons. The van der Waals surface area contributed by atoms with Gasteiger partial charge in [0.1, 0.15) is 4.90 Å². The molecular formula is C15H16N2O3S. The largest absolute Gasteiger partial charge is 0.358 e. The maximum Gasteiger partial charge on any atom is 0.358 e. The quantitative estimate of drug-likeness (QED) is 0.629. The summed E-state index contributed by atoms with van der Waals surface area (Å²) in [7, 11) is -3.89. The van der Waals surface area contributed by atoms with Crippen molar-refractivity contribution in [1.29, 1.82) is 0 Å². The predicted molar refractivity (Wildman–Crippen MR) is 80.5 cm³/mol. The molecule has 21 heavy (non-hydrogen) atoms. The van der Waals surface area contributed by atoms with Gasteiger partial charge >= 0.3 is 10.1 Å². The van der Waals surface area contributed by atoms with Crippen LogP contribution in [-0.4, -0.2) is 19.1 Å². The Hall–Kier alpha value is -2.21. The van der Waals surface area contributed by atoms with Crippen molar-refractivity contribution in [2.75, 3.05) is 0 Å². The Balaban J connectivity index is 2.24. The summed E-state index contributed by atoms with van der Waals surface area (Å²) in [5.41, 5.74) is 2.31. The van der Waals surface area contributed by atoms with Crippen LogP contribution in [0.3, 0.4) is 0 Å². The molecular weight excluding hydrogens is 288 g/mol. The van der Waals surface area contributed by atoms with Crippen molar-refractivity contribution in [2.24, 2.45) is 5.16 Å². The SMILES string of the molecule is CC/C(=N\OS(=O)(=O)c1ccc(C)cc1)c1ccncc1. The van der Waals surface area contributed by atoms with Gasteiger partial charge in [-0.15, -0.1) is 0 Å². The summed E-state index contributed by atoms with van der Waals surface area (Å²) >= 11 is 0. The molecule has 0 saturated carbocycles. The molecule has 0 aliphatic carbocycles. The van der Waals surface area contributed by atoms with Gasteiger partial charge in [0, 0.05) is 18.0 Å². The topological polar surface area (TPSA) is 68.6 Å². The normalized spacial score (nSPS) is 12.2. The summed E-state index contributed by atoms with van der Waals surface area (Å²) in [6, 6.07) is 9.93. The Kier molecular flexibility index (Phi) is 4.70. The minimum Gasteiger partial charge on any atom is -0.265 e. The van der Waals surface area contributed by atoms with Gasteiger partial charge in [0.25, 0.3) is 0 Å². The molecule has 0 bridgehead atoms. The van der Waals surface area contributed by atoms with Gasteiger partial charge in [0.2, 0.25) is 0 Å². The fourth-order valence-electron chi connectivity index (χ4n) is 1.71. The molecule has 0 aliphatic rings. The van der Waals surface area contributed by atoms with Gasteiger partial charge in [-0.1, -0.05) is 29.8 Å². The number of hydrogen-bond donors (Lipinski definition) is 0. The molecule has 5 nitrogen and oxygen atoms in total. The second-order valence-electron chi connectivity index (χ2n) is 4.47. The second kappa shape index (κ2) is 6.49. The lowest BCUT2D eigenvalue weighted by Crippen LogP contribution is -2.06. The molecule has 0 amide bonds. The number of aryl methyl sites for hydroxylation is 1. The number of hydrogen-bond acceptors (Lipinski definition) is 5. The Morgan fingerprint density at radius 1 is 1.14 bits per heavy atom. The highest BCUT2D eigenvalue weighted by atomic mass is 32.2. The molecule has 0 atom stereocenters. The van der Waals surface area contributed by atoms with Crippen molar-refractivity contribution in [3.05, 3.63) is 59.9 Å². The Bertz CT molecular complexity index is 723. The summed E-state index contributed by atoms with van der Waals surface area (Å²) in [6.45, 7) is 3.76. The molecule has 1 aromatic heterocycles. The molecule has 0 N–H and O–H groups in total. The van der Waals surface area contributed by atoms with Crippen molar-refractivity contribution in [3.8, 4) is 0 Å². The fourth-order valence-corrected chi connectivity index (χ4v) is 2.45. The van der Waals surface area contributed by atoms with E-state index in [4.69, 9.17) is 4.28 Å². The van der Waals surface area contributed by atoms with Crippen molar-refractivity contribution < 1.29 is 12.7 Å². The van der Waals surface area contributed by atoms with Crippen LogP contribution >= 0.6 is 0 Å². The summed E-state index contributed by atoms with van der Waals surface area (Å²) in [5, 5.41) is 3.78. The van der Waals surface area contributed by atoms with E-state index in [1.807, 2.05) is 13.8 Å². The van der Waals surface area contributed by atoms with Crippen LogP contribution in [0.5, 0.6) is 0 Å². The van der Waals surface area contributed by atoms with Crippen LogP contribution in [0.4, 0.5) is 0 Å². The predicted octanol–water partition coefficient (Wildman–Crippen LogP) is 2.91. The Morgan fingerprint density at radius 2 is 1.76 bits per heavy atom. The smallest absolute Gasteiger partial charge is 0.265 e. The van der Waals surface area contributed by atoms with Crippen LogP contribution in [0.1, 0.15) is 24.5 Å². The third kappa shape index (κ3) is 3.88. The zero-order valence-electron chi connectivity index (χ0n) is 11.9. The lowest BCUT2D eigenvalue weighted by atomic mass is 10.1. The average molecular weight is 304 g/mol. The van der Waals surface area contributed by atoms with Crippen molar-refractivity contribution in [1.82, 2.24) is 4.98 Å². The van der Waals surface area contributed by atoms with Gasteiger partial charge in [-0.2, -0.15) is 8.42 Å². The van der Waals surface area contributed by atoms with Gasteiger partial charge in [0.15, 0.2) is 0 Å². The molecule has 0 spiro atoms. The van der Waals surface area contributed by atoms with Gasteiger partial charge in [0.05, 0.1) is 5.71 Å². The number of aromatic nitrogens is 1. The Morgan fingerprint density at radius 3 is 2.33 bits per heavy atom. The molecule has 1 heterocycles. The molecule has 1 aromatic carbocycles. The summed E-state index contributed by atoms with van der Waals surface area (Å²) in [4.78, 5) is 4.00. The number of rotatable bonds is 5. The van der Waals surface area contributed by atoms with E-state index in [1.54, 1.807) is 36.7 Å². The molecule has 2 rings (SSSR count). The number of oxime groups is 1. The van der Waals surface area contributed by atoms with Crippen LogP contribution in [0, 0.1) is 6.92 Å². The van der Waals surface area contributed by atoms with E-state index in [9.17, 15) is 8.42 Å². The monoisotopic (exact) mass is 304 g/mol. The van der Waals surface area contributed by atoms with Crippen LogP contribution in [-0.2, 0) is 14.4 Å². The van der Waals surface area contributed by atoms with E-state index in [0.717, 1.165) is 11.1 Å². The van der Waals surface area contributed by atoms with E-state index in [-0.39, 0.29) is 4.90 Å². The van der Waals surface area contributed by atoms with E-state index < -0.39 is 10.1 Å². The van der Waals surface area contributed by atoms with Gasteiger partial charge in [-0.25, -0.2) is 0 Å². The molecule has 6 heteroatoms. The minimum atomic E-state index is -3.89. The number of benzene rings is 1. The van der Waals surface area contributed by atoms with Gasteiger partial charge in [-0.3, -0.25) is 9.27 Å².